The highest BCUT2D eigenvalue weighted by atomic mass is 16.6. The van der Waals surface area contributed by atoms with Gasteiger partial charge in [-0.25, -0.2) is 0 Å². The van der Waals surface area contributed by atoms with E-state index in [0.717, 1.165) is 19.8 Å². The molecular formula is C7H15NO2. The van der Waals surface area contributed by atoms with Gasteiger partial charge < -0.3 is 15.2 Å². The molecule has 1 saturated heterocycles. The molecule has 0 saturated carbocycles. The second-order valence-corrected chi connectivity index (χ2v) is 2.83. The molecule has 1 unspecified atom stereocenters. The Bertz CT molecular complexity index is 88.9. The highest BCUT2D eigenvalue weighted by Gasteiger charge is 2.18. The van der Waals surface area contributed by atoms with Crippen LogP contribution in [0.1, 0.15) is 6.92 Å². The summed E-state index contributed by atoms with van der Waals surface area (Å²) in [5, 5.41) is 0. The van der Waals surface area contributed by atoms with E-state index in [1.165, 1.54) is 0 Å². The number of nitrogens with two attached hydrogens (primary N) is 1. The number of hydrogen-bond donors (Lipinski definition) is 1. The molecule has 1 aliphatic rings. The molecule has 1 aliphatic heterocycles. The standard InChI is InChI=1S/C7H15NO2/c1-6(2-8)3-10-7-4-9-5-7/h6-7H,2-5,8H2,1H3. The van der Waals surface area contributed by atoms with Crippen LogP contribution in [0.5, 0.6) is 0 Å². The summed E-state index contributed by atoms with van der Waals surface area (Å²) in [6.45, 7) is 5.08. The van der Waals surface area contributed by atoms with E-state index in [2.05, 4.69) is 6.92 Å². The zero-order valence-corrected chi connectivity index (χ0v) is 6.38. The molecule has 0 aliphatic carbocycles. The Morgan fingerprint density at radius 1 is 1.70 bits per heavy atom. The third-order valence-electron chi connectivity index (χ3n) is 1.63. The van der Waals surface area contributed by atoms with Gasteiger partial charge in [0.1, 0.15) is 6.10 Å². The summed E-state index contributed by atoms with van der Waals surface area (Å²) in [5.41, 5.74) is 5.41. The summed E-state index contributed by atoms with van der Waals surface area (Å²) in [4.78, 5) is 0. The molecule has 0 amide bonds. The maximum Gasteiger partial charge on any atom is 0.104 e. The summed E-state index contributed by atoms with van der Waals surface area (Å²) < 4.78 is 10.4. The fraction of sp³-hybridized carbons (Fsp3) is 1.00. The van der Waals surface area contributed by atoms with Crippen LogP contribution in [-0.4, -0.2) is 32.5 Å². The predicted octanol–water partition coefficient (Wildman–Crippen LogP) is -0.00340. The second kappa shape index (κ2) is 3.91. The molecule has 3 nitrogen and oxygen atoms in total. The zero-order chi connectivity index (χ0) is 7.40. The van der Waals surface area contributed by atoms with Crippen molar-refractivity contribution in [1.29, 1.82) is 0 Å². The molecular weight excluding hydrogens is 130 g/mol. The average Bonchev–Trinajstić information content (AvgIpc) is 1.84. The van der Waals surface area contributed by atoms with E-state index in [-0.39, 0.29) is 0 Å². The van der Waals surface area contributed by atoms with E-state index >= 15 is 0 Å². The van der Waals surface area contributed by atoms with Gasteiger partial charge in [-0.05, 0) is 12.5 Å². The van der Waals surface area contributed by atoms with Crippen LogP contribution in [0.2, 0.25) is 0 Å². The van der Waals surface area contributed by atoms with Crippen molar-refractivity contribution >= 4 is 0 Å². The van der Waals surface area contributed by atoms with E-state index in [1.807, 2.05) is 0 Å². The Morgan fingerprint density at radius 3 is 2.80 bits per heavy atom. The van der Waals surface area contributed by atoms with Gasteiger partial charge in [-0.3, -0.25) is 0 Å². The van der Waals surface area contributed by atoms with Crippen molar-refractivity contribution in [3.05, 3.63) is 0 Å². The Labute approximate surface area is 61.5 Å². The van der Waals surface area contributed by atoms with Gasteiger partial charge in [0.05, 0.1) is 19.8 Å². The molecule has 0 aromatic rings. The fourth-order valence-corrected chi connectivity index (χ4v) is 0.679. The lowest BCUT2D eigenvalue weighted by Crippen LogP contribution is -2.37. The molecule has 1 fully saturated rings. The summed E-state index contributed by atoms with van der Waals surface area (Å²) >= 11 is 0. The third-order valence-corrected chi connectivity index (χ3v) is 1.63. The lowest BCUT2D eigenvalue weighted by molar-refractivity contribution is -0.134. The molecule has 0 aromatic carbocycles. The molecule has 0 spiro atoms. The third kappa shape index (κ3) is 2.25. The van der Waals surface area contributed by atoms with Crippen molar-refractivity contribution in [1.82, 2.24) is 0 Å². The van der Waals surface area contributed by atoms with Crippen LogP contribution in [0.3, 0.4) is 0 Å². The Hall–Kier alpha value is -0.120. The Kier molecular flexibility index (Phi) is 3.12. The molecule has 1 heterocycles. The van der Waals surface area contributed by atoms with Crippen molar-refractivity contribution in [2.75, 3.05) is 26.4 Å². The van der Waals surface area contributed by atoms with Crippen LogP contribution >= 0.6 is 0 Å². The molecule has 2 N–H and O–H groups in total. The summed E-state index contributed by atoms with van der Waals surface area (Å²) in [7, 11) is 0. The van der Waals surface area contributed by atoms with Crippen molar-refractivity contribution in [2.45, 2.75) is 13.0 Å². The lowest BCUT2D eigenvalue weighted by atomic mass is 10.2. The smallest absolute Gasteiger partial charge is 0.104 e. The molecule has 10 heavy (non-hydrogen) atoms. The van der Waals surface area contributed by atoms with Crippen LogP contribution in [0.25, 0.3) is 0 Å². The summed E-state index contributed by atoms with van der Waals surface area (Å²) in [5.74, 6) is 0.473. The van der Waals surface area contributed by atoms with Crippen LogP contribution in [0.4, 0.5) is 0 Å². The zero-order valence-electron chi connectivity index (χ0n) is 6.38. The van der Waals surface area contributed by atoms with Crippen molar-refractivity contribution in [2.24, 2.45) is 11.7 Å². The first-order chi connectivity index (χ1) is 4.83. The number of rotatable bonds is 4. The SMILES string of the molecule is CC(CN)COC1COC1. The lowest BCUT2D eigenvalue weighted by Gasteiger charge is -2.27. The van der Waals surface area contributed by atoms with Gasteiger partial charge in [0.15, 0.2) is 0 Å². The van der Waals surface area contributed by atoms with Gasteiger partial charge in [-0.15, -0.1) is 0 Å². The van der Waals surface area contributed by atoms with Crippen molar-refractivity contribution in [3.63, 3.8) is 0 Å². The number of hydrogen-bond acceptors (Lipinski definition) is 3. The number of ether oxygens (including phenoxy) is 2. The van der Waals surface area contributed by atoms with Crippen molar-refractivity contribution < 1.29 is 9.47 Å². The van der Waals surface area contributed by atoms with Crippen molar-refractivity contribution in [3.8, 4) is 0 Å². The summed E-state index contributed by atoms with van der Waals surface area (Å²) in [6.07, 6.45) is 0.342. The van der Waals surface area contributed by atoms with E-state index in [0.29, 0.717) is 18.6 Å². The van der Waals surface area contributed by atoms with Gasteiger partial charge in [0.2, 0.25) is 0 Å². The first-order valence-electron chi connectivity index (χ1n) is 3.72. The van der Waals surface area contributed by atoms with E-state index in [1.54, 1.807) is 0 Å². The predicted molar refractivity (Wildman–Crippen MR) is 38.8 cm³/mol. The average molecular weight is 145 g/mol. The van der Waals surface area contributed by atoms with Gasteiger partial charge >= 0.3 is 0 Å². The quantitative estimate of drug-likeness (QED) is 0.605. The first kappa shape index (κ1) is 7.98. The van der Waals surface area contributed by atoms with E-state index < -0.39 is 0 Å². The molecule has 0 radical (unpaired) electrons. The summed E-state index contributed by atoms with van der Waals surface area (Å²) in [6, 6.07) is 0. The maximum atomic E-state index is 5.43. The fourth-order valence-electron chi connectivity index (χ4n) is 0.679. The normalized spacial score (nSPS) is 22.2. The van der Waals surface area contributed by atoms with Crippen LogP contribution in [-0.2, 0) is 9.47 Å². The minimum atomic E-state index is 0.342. The van der Waals surface area contributed by atoms with Gasteiger partial charge in [0, 0.05) is 0 Å². The second-order valence-electron chi connectivity index (χ2n) is 2.83. The van der Waals surface area contributed by atoms with Crippen LogP contribution < -0.4 is 5.73 Å². The van der Waals surface area contributed by atoms with E-state index in [4.69, 9.17) is 15.2 Å². The molecule has 1 atom stereocenters. The monoisotopic (exact) mass is 145 g/mol. The Balaban J connectivity index is 1.93. The molecule has 0 aromatic heterocycles. The van der Waals surface area contributed by atoms with Gasteiger partial charge in [-0.2, -0.15) is 0 Å². The minimum Gasteiger partial charge on any atom is -0.376 e. The first-order valence-corrected chi connectivity index (χ1v) is 3.72. The largest absolute Gasteiger partial charge is 0.376 e. The maximum absolute atomic E-state index is 5.43. The minimum absolute atomic E-state index is 0.342. The highest BCUT2D eigenvalue weighted by molar-refractivity contribution is 4.65. The molecule has 0 bridgehead atoms. The van der Waals surface area contributed by atoms with Gasteiger partial charge in [0.25, 0.3) is 0 Å². The highest BCUT2D eigenvalue weighted by Crippen LogP contribution is 2.06. The van der Waals surface area contributed by atoms with Crippen LogP contribution in [0, 0.1) is 5.92 Å². The van der Waals surface area contributed by atoms with Gasteiger partial charge in [-0.1, -0.05) is 6.92 Å². The van der Waals surface area contributed by atoms with E-state index in [9.17, 15) is 0 Å². The molecule has 60 valence electrons. The van der Waals surface area contributed by atoms with Crippen LogP contribution in [0.15, 0.2) is 0 Å². The molecule has 1 rings (SSSR count). The molecule has 3 heteroatoms. The Morgan fingerprint density at radius 2 is 2.40 bits per heavy atom. The topological polar surface area (TPSA) is 44.5 Å².